The van der Waals surface area contributed by atoms with Gasteiger partial charge >= 0.3 is 0 Å². The zero-order valence-corrected chi connectivity index (χ0v) is 7.75. The molecule has 0 atom stereocenters. The summed E-state index contributed by atoms with van der Waals surface area (Å²) in [6.45, 7) is 4.29. The first-order valence-electron chi connectivity index (χ1n) is 4.35. The number of carbonyl (C=O) groups excluding carboxylic acids is 2. The zero-order chi connectivity index (χ0) is 9.68. The van der Waals surface area contributed by atoms with Gasteiger partial charge in [0.15, 0.2) is 0 Å². The van der Waals surface area contributed by atoms with E-state index < -0.39 is 0 Å². The van der Waals surface area contributed by atoms with E-state index in [4.69, 9.17) is 0 Å². The van der Waals surface area contributed by atoms with Crippen LogP contribution in [0.5, 0.6) is 0 Å². The molecule has 0 saturated carbocycles. The second-order valence-electron chi connectivity index (χ2n) is 2.96. The second kappa shape index (κ2) is 4.81. The molecular weight excluding hydrogens is 170 g/mol. The number of carbonyl (C=O) groups is 2. The molecule has 0 unspecified atom stereocenters. The maximum atomic E-state index is 11.4. The van der Waals surface area contributed by atoms with Crippen molar-refractivity contribution in [1.82, 2.24) is 15.5 Å². The summed E-state index contributed by atoms with van der Waals surface area (Å²) in [6, 6.07) is 0. The third-order valence-electron chi connectivity index (χ3n) is 1.90. The number of rotatable bonds is 2. The highest BCUT2D eigenvalue weighted by molar-refractivity contribution is 5.83. The summed E-state index contributed by atoms with van der Waals surface area (Å²) in [5, 5.41) is 6.61. The SMILES string of the molecule is CC(=O)NCC(=O)N1CC[N]CC1. The van der Waals surface area contributed by atoms with Crippen LogP contribution in [0.3, 0.4) is 0 Å². The summed E-state index contributed by atoms with van der Waals surface area (Å²) < 4.78 is 0. The molecular formula is C8H14N3O2. The van der Waals surface area contributed by atoms with Crippen LogP contribution in [-0.4, -0.2) is 49.4 Å². The largest absolute Gasteiger partial charge is 0.347 e. The van der Waals surface area contributed by atoms with Gasteiger partial charge in [0.1, 0.15) is 0 Å². The summed E-state index contributed by atoms with van der Waals surface area (Å²) in [6.07, 6.45) is 0. The van der Waals surface area contributed by atoms with Crippen LogP contribution in [0.25, 0.3) is 0 Å². The van der Waals surface area contributed by atoms with Crippen LogP contribution >= 0.6 is 0 Å². The Kier molecular flexibility index (Phi) is 3.70. The van der Waals surface area contributed by atoms with E-state index in [2.05, 4.69) is 10.6 Å². The first kappa shape index (κ1) is 9.98. The molecule has 0 aromatic carbocycles. The second-order valence-corrected chi connectivity index (χ2v) is 2.96. The van der Waals surface area contributed by atoms with Gasteiger partial charge in [-0.25, -0.2) is 5.32 Å². The first-order valence-corrected chi connectivity index (χ1v) is 4.35. The van der Waals surface area contributed by atoms with Crippen LogP contribution in [-0.2, 0) is 9.59 Å². The number of hydrogen-bond donors (Lipinski definition) is 1. The van der Waals surface area contributed by atoms with Crippen molar-refractivity contribution >= 4 is 11.8 Å². The lowest BCUT2D eigenvalue weighted by molar-refractivity contribution is -0.132. The fraction of sp³-hybridized carbons (Fsp3) is 0.750. The topological polar surface area (TPSA) is 63.5 Å². The summed E-state index contributed by atoms with van der Waals surface area (Å²) in [5.74, 6) is -0.194. The maximum Gasteiger partial charge on any atom is 0.242 e. The molecule has 1 N–H and O–H groups in total. The van der Waals surface area contributed by atoms with Crippen LogP contribution in [0.1, 0.15) is 6.92 Å². The van der Waals surface area contributed by atoms with Crippen molar-refractivity contribution in [3.63, 3.8) is 0 Å². The van der Waals surface area contributed by atoms with Gasteiger partial charge in [-0.05, 0) is 0 Å². The maximum absolute atomic E-state index is 11.4. The Morgan fingerprint density at radius 3 is 2.54 bits per heavy atom. The van der Waals surface area contributed by atoms with Crippen molar-refractivity contribution in [2.24, 2.45) is 0 Å². The monoisotopic (exact) mass is 184 g/mol. The van der Waals surface area contributed by atoms with Gasteiger partial charge in [-0.2, -0.15) is 0 Å². The van der Waals surface area contributed by atoms with E-state index in [1.165, 1.54) is 6.92 Å². The predicted octanol–water partition coefficient (Wildman–Crippen LogP) is -1.43. The number of piperazine rings is 1. The van der Waals surface area contributed by atoms with E-state index in [0.29, 0.717) is 26.2 Å². The highest BCUT2D eigenvalue weighted by Gasteiger charge is 2.16. The van der Waals surface area contributed by atoms with Gasteiger partial charge in [-0.15, -0.1) is 0 Å². The van der Waals surface area contributed by atoms with Crippen molar-refractivity contribution in [1.29, 1.82) is 0 Å². The number of nitrogens with one attached hydrogen (secondary N) is 1. The zero-order valence-electron chi connectivity index (χ0n) is 7.75. The van der Waals surface area contributed by atoms with Crippen LogP contribution in [0, 0.1) is 0 Å². The van der Waals surface area contributed by atoms with Crippen LogP contribution in [0.4, 0.5) is 0 Å². The molecule has 13 heavy (non-hydrogen) atoms. The van der Waals surface area contributed by atoms with Gasteiger partial charge in [0.25, 0.3) is 0 Å². The van der Waals surface area contributed by atoms with E-state index in [9.17, 15) is 9.59 Å². The third-order valence-corrected chi connectivity index (χ3v) is 1.90. The first-order chi connectivity index (χ1) is 6.20. The molecule has 0 aromatic heterocycles. The molecule has 1 aliphatic rings. The lowest BCUT2D eigenvalue weighted by atomic mass is 10.3. The van der Waals surface area contributed by atoms with Crippen molar-refractivity contribution in [2.75, 3.05) is 32.7 Å². The van der Waals surface area contributed by atoms with Gasteiger partial charge in [0.2, 0.25) is 11.8 Å². The third kappa shape index (κ3) is 3.42. The van der Waals surface area contributed by atoms with Gasteiger partial charge in [-0.1, -0.05) is 0 Å². The number of hydrogen-bond acceptors (Lipinski definition) is 2. The average Bonchev–Trinajstić information content (AvgIpc) is 2.15. The molecule has 1 radical (unpaired) electrons. The molecule has 1 saturated heterocycles. The molecule has 1 aliphatic heterocycles. The molecule has 0 bridgehead atoms. The minimum Gasteiger partial charge on any atom is -0.347 e. The Balaban J connectivity index is 2.25. The highest BCUT2D eigenvalue weighted by Crippen LogP contribution is 1.93. The molecule has 0 aliphatic carbocycles. The Morgan fingerprint density at radius 1 is 1.38 bits per heavy atom. The van der Waals surface area contributed by atoms with E-state index in [-0.39, 0.29) is 18.4 Å². The molecule has 1 fully saturated rings. The summed E-state index contributed by atoms with van der Waals surface area (Å²) in [5.41, 5.74) is 0. The normalized spacial score (nSPS) is 16.8. The molecule has 5 nitrogen and oxygen atoms in total. The van der Waals surface area contributed by atoms with Gasteiger partial charge in [0.05, 0.1) is 6.54 Å². The van der Waals surface area contributed by atoms with E-state index in [0.717, 1.165) is 0 Å². The van der Waals surface area contributed by atoms with Gasteiger partial charge < -0.3 is 10.2 Å². The molecule has 1 heterocycles. The number of nitrogens with zero attached hydrogens (tertiary/aromatic N) is 2. The molecule has 1 rings (SSSR count). The quantitative estimate of drug-likeness (QED) is 0.572. The molecule has 73 valence electrons. The Bertz CT molecular complexity index is 200. The average molecular weight is 184 g/mol. The van der Waals surface area contributed by atoms with Crippen molar-refractivity contribution in [3.8, 4) is 0 Å². The standard InChI is InChI=1S/C8H14N3O2/c1-7(12)10-6-8(13)11-4-2-9-3-5-11/h2-6H2,1H3,(H,10,12). The van der Waals surface area contributed by atoms with Crippen molar-refractivity contribution in [3.05, 3.63) is 0 Å². The summed E-state index contributed by atoms with van der Waals surface area (Å²) >= 11 is 0. The smallest absolute Gasteiger partial charge is 0.242 e. The summed E-state index contributed by atoms with van der Waals surface area (Å²) in [4.78, 5) is 23.6. The highest BCUT2D eigenvalue weighted by atomic mass is 16.2. The van der Waals surface area contributed by atoms with Gasteiger partial charge in [-0.3, -0.25) is 9.59 Å². The Hall–Kier alpha value is -1.10. The van der Waals surface area contributed by atoms with Crippen LogP contribution < -0.4 is 10.6 Å². The van der Waals surface area contributed by atoms with Crippen molar-refractivity contribution < 1.29 is 9.59 Å². The molecule has 2 amide bonds. The predicted molar refractivity (Wildman–Crippen MR) is 47.1 cm³/mol. The Morgan fingerprint density at radius 2 is 2.00 bits per heavy atom. The molecule has 0 spiro atoms. The van der Waals surface area contributed by atoms with Crippen LogP contribution in [0.2, 0.25) is 0 Å². The number of amides is 2. The summed E-state index contributed by atoms with van der Waals surface area (Å²) in [7, 11) is 0. The van der Waals surface area contributed by atoms with E-state index >= 15 is 0 Å². The lowest BCUT2D eigenvalue weighted by Gasteiger charge is -2.26. The fourth-order valence-electron chi connectivity index (χ4n) is 1.17. The molecule has 0 aromatic rings. The lowest BCUT2D eigenvalue weighted by Crippen LogP contribution is -2.47. The van der Waals surface area contributed by atoms with E-state index in [1.807, 2.05) is 0 Å². The molecule has 5 heteroatoms. The van der Waals surface area contributed by atoms with Crippen LogP contribution in [0.15, 0.2) is 0 Å². The minimum absolute atomic E-state index is 0.0231. The van der Waals surface area contributed by atoms with Crippen molar-refractivity contribution in [2.45, 2.75) is 6.92 Å². The van der Waals surface area contributed by atoms with Gasteiger partial charge in [0, 0.05) is 33.1 Å². The minimum atomic E-state index is -0.171. The fourth-order valence-corrected chi connectivity index (χ4v) is 1.17. The van der Waals surface area contributed by atoms with E-state index in [1.54, 1.807) is 4.90 Å². The Labute approximate surface area is 77.5 Å².